The van der Waals surface area contributed by atoms with Gasteiger partial charge < -0.3 is 20.4 Å². The van der Waals surface area contributed by atoms with Crippen molar-refractivity contribution in [1.82, 2.24) is 19.9 Å². The third-order valence-corrected chi connectivity index (χ3v) is 4.64. The van der Waals surface area contributed by atoms with Gasteiger partial charge in [-0.1, -0.05) is 0 Å². The zero-order valence-corrected chi connectivity index (χ0v) is 14.4. The number of imidazole rings is 1. The number of thiazole rings is 1. The number of methoxy groups -OCH3 is 1. The molecule has 2 aromatic heterocycles. The molecule has 0 aliphatic heterocycles. The van der Waals surface area contributed by atoms with Crippen molar-refractivity contribution in [3.05, 3.63) is 40.1 Å². The number of nitrogens with two attached hydrogens (primary N) is 1. The molecule has 8 heteroatoms. The highest BCUT2D eigenvalue weighted by atomic mass is 32.1. The standard InChI is InChI=1S/C16H19N5O2S/c1-21-13-4-3-10(23-2)7-11(13)19-14(21)8-18-16(22)12-9-24-15(20-12)5-6-17/h3-4,7,9H,5-6,8,17H2,1-2H3,(H,18,22). The molecule has 7 nitrogen and oxygen atoms in total. The summed E-state index contributed by atoms with van der Waals surface area (Å²) in [6, 6.07) is 5.72. The van der Waals surface area contributed by atoms with Crippen LogP contribution in [0, 0.1) is 0 Å². The van der Waals surface area contributed by atoms with E-state index in [2.05, 4.69) is 15.3 Å². The lowest BCUT2D eigenvalue weighted by Crippen LogP contribution is -2.24. The third kappa shape index (κ3) is 3.24. The second-order valence-electron chi connectivity index (χ2n) is 5.29. The van der Waals surface area contributed by atoms with Crippen LogP contribution < -0.4 is 15.8 Å². The number of nitrogens with one attached hydrogen (secondary N) is 1. The summed E-state index contributed by atoms with van der Waals surface area (Å²) in [6.45, 7) is 0.855. The molecule has 24 heavy (non-hydrogen) atoms. The Kier molecular flexibility index (Phi) is 4.77. The number of aryl methyl sites for hydroxylation is 1. The number of hydrogen-bond acceptors (Lipinski definition) is 6. The van der Waals surface area contributed by atoms with E-state index in [0.717, 1.165) is 27.6 Å². The molecule has 0 bridgehead atoms. The van der Waals surface area contributed by atoms with Gasteiger partial charge in [0.1, 0.15) is 17.3 Å². The van der Waals surface area contributed by atoms with Gasteiger partial charge in [0.05, 0.1) is 29.7 Å². The SMILES string of the molecule is COc1ccc2c(c1)nc(CNC(=O)c1csc(CCN)n1)n2C. The molecule has 2 heterocycles. The predicted molar refractivity (Wildman–Crippen MR) is 93.3 cm³/mol. The Labute approximate surface area is 143 Å². The molecular formula is C16H19N5O2S. The maximum atomic E-state index is 12.2. The summed E-state index contributed by atoms with van der Waals surface area (Å²) in [5.41, 5.74) is 7.74. The molecule has 126 valence electrons. The lowest BCUT2D eigenvalue weighted by atomic mass is 10.3. The van der Waals surface area contributed by atoms with E-state index in [4.69, 9.17) is 10.5 Å². The maximum Gasteiger partial charge on any atom is 0.271 e. The quantitative estimate of drug-likeness (QED) is 0.705. The zero-order chi connectivity index (χ0) is 17.1. The summed E-state index contributed by atoms with van der Waals surface area (Å²) in [4.78, 5) is 21.0. The fourth-order valence-electron chi connectivity index (χ4n) is 2.42. The number of carbonyl (C=O) groups is 1. The topological polar surface area (TPSA) is 95.1 Å². The van der Waals surface area contributed by atoms with Gasteiger partial charge in [-0.25, -0.2) is 9.97 Å². The Bertz CT molecular complexity index is 871. The van der Waals surface area contributed by atoms with E-state index < -0.39 is 0 Å². The van der Waals surface area contributed by atoms with Gasteiger partial charge in [0.2, 0.25) is 0 Å². The molecule has 1 aromatic carbocycles. The van der Waals surface area contributed by atoms with Crippen LogP contribution in [-0.4, -0.2) is 34.1 Å². The molecule has 0 radical (unpaired) electrons. The van der Waals surface area contributed by atoms with E-state index in [1.807, 2.05) is 29.8 Å². The van der Waals surface area contributed by atoms with Crippen LogP contribution in [0.1, 0.15) is 21.3 Å². The number of ether oxygens (including phenoxy) is 1. The van der Waals surface area contributed by atoms with E-state index in [1.54, 1.807) is 12.5 Å². The van der Waals surface area contributed by atoms with Gasteiger partial charge in [-0.05, 0) is 18.7 Å². The third-order valence-electron chi connectivity index (χ3n) is 3.73. The molecule has 0 unspecified atom stereocenters. The molecule has 0 fully saturated rings. The van der Waals surface area contributed by atoms with Crippen LogP contribution in [0.2, 0.25) is 0 Å². The van der Waals surface area contributed by atoms with E-state index in [-0.39, 0.29) is 5.91 Å². The van der Waals surface area contributed by atoms with Crippen LogP contribution in [-0.2, 0) is 20.0 Å². The summed E-state index contributed by atoms with van der Waals surface area (Å²) < 4.78 is 7.17. The second-order valence-corrected chi connectivity index (χ2v) is 6.23. The first-order valence-corrected chi connectivity index (χ1v) is 8.42. The molecule has 3 N–H and O–H groups in total. The molecular weight excluding hydrogens is 326 g/mol. The Balaban J connectivity index is 1.72. The minimum atomic E-state index is -0.209. The fourth-order valence-corrected chi connectivity index (χ4v) is 3.21. The second kappa shape index (κ2) is 6.98. The normalized spacial score (nSPS) is 11.0. The van der Waals surface area contributed by atoms with Crippen molar-refractivity contribution >= 4 is 28.3 Å². The van der Waals surface area contributed by atoms with Crippen LogP contribution >= 0.6 is 11.3 Å². The lowest BCUT2D eigenvalue weighted by molar-refractivity contribution is 0.0945. The molecule has 3 rings (SSSR count). The largest absolute Gasteiger partial charge is 0.497 e. The van der Waals surface area contributed by atoms with E-state index >= 15 is 0 Å². The number of nitrogens with zero attached hydrogens (tertiary/aromatic N) is 3. The molecule has 0 aliphatic rings. The zero-order valence-electron chi connectivity index (χ0n) is 13.6. The van der Waals surface area contributed by atoms with Gasteiger partial charge >= 0.3 is 0 Å². The van der Waals surface area contributed by atoms with Crippen molar-refractivity contribution < 1.29 is 9.53 Å². The molecule has 3 aromatic rings. The Morgan fingerprint density at radius 2 is 2.25 bits per heavy atom. The molecule has 1 amide bonds. The van der Waals surface area contributed by atoms with Crippen LogP contribution in [0.25, 0.3) is 11.0 Å². The smallest absolute Gasteiger partial charge is 0.271 e. The number of hydrogen-bond donors (Lipinski definition) is 2. The van der Waals surface area contributed by atoms with Gasteiger partial charge in [-0.2, -0.15) is 0 Å². The summed E-state index contributed by atoms with van der Waals surface area (Å²) in [7, 11) is 3.55. The van der Waals surface area contributed by atoms with Gasteiger partial charge in [-0.15, -0.1) is 11.3 Å². The highest BCUT2D eigenvalue weighted by Crippen LogP contribution is 2.21. The Morgan fingerprint density at radius 3 is 3.00 bits per heavy atom. The minimum absolute atomic E-state index is 0.209. The minimum Gasteiger partial charge on any atom is -0.497 e. The summed E-state index contributed by atoms with van der Waals surface area (Å²) in [6.07, 6.45) is 0.685. The lowest BCUT2D eigenvalue weighted by Gasteiger charge is -2.04. The van der Waals surface area contributed by atoms with Gasteiger partial charge in [0.25, 0.3) is 5.91 Å². The van der Waals surface area contributed by atoms with E-state index in [9.17, 15) is 4.79 Å². The van der Waals surface area contributed by atoms with E-state index in [0.29, 0.717) is 25.2 Å². The van der Waals surface area contributed by atoms with Crippen molar-refractivity contribution in [3.8, 4) is 5.75 Å². The summed E-state index contributed by atoms with van der Waals surface area (Å²) in [5.74, 6) is 1.31. The van der Waals surface area contributed by atoms with Crippen molar-refractivity contribution in [3.63, 3.8) is 0 Å². The molecule has 0 saturated carbocycles. The van der Waals surface area contributed by atoms with Crippen LogP contribution in [0.4, 0.5) is 0 Å². The Morgan fingerprint density at radius 1 is 1.42 bits per heavy atom. The number of rotatable bonds is 6. The van der Waals surface area contributed by atoms with Crippen molar-refractivity contribution in [2.24, 2.45) is 12.8 Å². The molecule has 0 atom stereocenters. The van der Waals surface area contributed by atoms with Crippen molar-refractivity contribution in [2.75, 3.05) is 13.7 Å². The highest BCUT2D eigenvalue weighted by molar-refractivity contribution is 7.09. The summed E-state index contributed by atoms with van der Waals surface area (Å²) in [5, 5.41) is 5.48. The summed E-state index contributed by atoms with van der Waals surface area (Å²) >= 11 is 1.45. The van der Waals surface area contributed by atoms with Crippen molar-refractivity contribution in [2.45, 2.75) is 13.0 Å². The predicted octanol–water partition coefficient (Wildman–Crippen LogP) is 1.47. The van der Waals surface area contributed by atoms with Gasteiger partial charge in [0, 0.05) is 24.9 Å². The number of carbonyl (C=O) groups excluding carboxylic acids is 1. The monoisotopic (exact) mass is 345 g/mol. The number of aromatic nitrogens is 3. The Hall–Kier alpha value is -2.45. The van der Waals surface area contributed by atoms with Crippen LogP contribution in [0.15, 0.2) is 23.6 Å². The number of amides is 1. The highest BCUT2D eigenvalue weighted by Gasteiger charge is 2.13. The molecule has 0 aliphatic carbocycles. The van der Waals surface area contributed by atoms with Gasteiger partial charge in [-0.3, -0.25) is 4.79 Å². The van der Waals surface area contributed by atoms with E-state index in [1.165, 1.54) is 11.3 Å². The van der Waals surface area contributed by atoms with Gasteiger partial charge in [0.15, 0.2) is 0 Å². The molecule has 0 saturated heterocycles. The average molecular weight is 345 g/mol. The maximum absolute atomic E-state index is 12.2. The molecule has 0 spiro atoms. The first-order valence-electron chi connectivity index (χ1n) is 7.54. The van der Waals surface area contributed by atoms with Crippen LogP contribution in [0.3, 0.4) is 0 Å². The first kappa shape index (κ1) is 16.4. The average Bonchev–Trinajstić information content (AvgIpc) is 3.18. The van der Waals surface area contributed by atoms with Crippen molar-refractivity contribution in [1.29, 1.82) is 0 Å². The first-order chi connectivity index (χ1) is 11.6. The number of benzene rings is 1. The number of fused-ring (bicyclic) bond motifs is 1. The fraction of sp³-hybridized carbons (Fsp3) is 0.312. The van der Waals surface area contributed by atoms with Crippen LogP contribution in [0.5, 0.6) is 5.75 Å².